The lowest BCUT2D eigenvalue weighted by atomic mass is 10.1. The maximum absolute atomic E-state index is 12.7. The Balaban J connectivity index is 1.94. The van der Waals surface area contributed by atoms with E-state index >= 15 is 0 Å². The van der Waals surface area contributed by atoms with E-state index in [2.05, 4.69) is 25.6 Å². The molecule has 0 bridgehead atoms. The highest BCUT2D eigenvalue weighted by Crippen LogP contribution is 2.17. The van der Waals surface area contributed by atoms with Crippen LogP contribution in [0.15, 0.2) is 6.33 Å². The minimum Gasteiger partial charge on any atom is -0.348 e. The molecule has 1 saturated heterocycles. The Morgan fingerprint density at radius 1 is 1.44 bits per heavy atom. The molecule has 2 rings (SSSR count). The van der Waals surface area contributed by atoms with Crippen molar-refractivity contribution >= 4 is 11.9 Å². The van der Waals surface area contributed by atoms with Gasteiger partial charge in [0.05, 0.1) is 6.54 Å². The number of hydrogen-bond donors (Lipinski definition) is 2. The molecule has 0 spiro atoms. The summed E-state index contributed by atoms with van der Waals surface area (Å²) in [4.78, 5) is 13.9. The lowest BCUT2D eigenvalue weighted by Gasteiger charge is -2.38. The summed E-state index contributed by atoms with van der Waals surface area (Å²) in [5, 5.41) is 5.63. The number of halogens is 2. The molecule has 1 aromatic rings. The Hall–Kier alpha value is -1.57. The van der Waals surface area contributed by atoms with Crippen LogP contribution in [-0.2, 0) is 0 Å². The second kappa shape index (κ2) is 4.97. The van der Waals surface area contributed by atoms with Crippen LogP contribution in [0.2, 0.25) is 0 Å². The molecule has 100 valence electrons. The molecule has 2 heterocycles. The Kier molecular flexibility index (Phi) is 3.55. The van der Waals surface area contributed by atoms with Crippen LogP contribution in [0.3, 0.4) is 0 Å². The van der Waals surface area contributed by atoms with Crippen molar-refractivity contribution in [2.45, 2.75) is 18.9 Å². The third-order valence-corrected chi connectivity index (χ3v) is 2.69. The standard InChI is InChI=1S/C10H16F2N6/c1-10(11,12)5-14-8-15-6-16-9(17-8)18-3-7(4-18)13-2/h6-7,13H,3-5H2,1-2H3,(H,14,15,16,17). The summed E-state index contributed by atoms with van der Waals surface area (Å²) in [6, 6.07) is 0.429. The van der Waals surface area contributed by atoms with Gasteiger partial charge in [0, 0.05) is 26.1 Å². The number of nitrogens with zero attached hydrogens (tertiary/aromatic N) is 4. The second-order valence-electron chi connectivity index (χ2n) is 4.42. The molecule has 18 heavy (non-hydrogen) atoms. The monoisotopic (exact) mass is 258 g/mol. The van der Waals surface area contributed by atoms with Gasteiger partial charge in [0.25, 0.3) is 5.92 Å². The van der Waals surface area contributed by atoms with Gasteiger partial charge in [0.15, 0.2) is 0 Å². The summed E-state index contributed by atoms with van der Waals surface area (Å²) >= 11 is 0. The van der Waals surface area contributed by atoms with E-state index in [0.29, 0.717) is 12.0 Å². The molecular formula is C10H16F2N6. The molecular weight excluding hydrogens is 242 g/mol. The predicted molar refractivity (Wildman–Crippen MR) is 64.0 cm³/mol. The highest BCUT2D eigenvalue weighted by molar-refractivity contribution is 5.39. The molecule has 1 aromatic heterocycles. The molecule has 2 N–H and O–H groups in total. The van der Waals surface area contributed by atoms with Crippen LogP contribution in [0.4, 0.5) is 20.7 Å². The number of hydrogen-bond acceptors (Lipinski definition) is 6. The number of likely N-dealkylation sites (N-methyl/N-ethyl adjacent to an activating group) is 1. The molecule has 0 saturated carbocycles. The van der Waals surface area contributed by atoms with Gasteiger partial charge >= 0.3 is 0 Å². The smallest absolute Gasteiger partial charge is 0.262 e. The molecule has 8 heteroatoms. The van der Waals surface area contributed by atoms with E-state index in [0.717, 1.165) is 20.0 Å². The SMILES string of the molecule is CNC1CN(c2ncnc(NCC(C)(F)F)n2)C1. The zero-order valence-electron chi connectivity index (χ0n) is 10.3. The van der Waals surface area contributed by atoms with Crippen molar-refractivity contribution < 1.29 is 8.78 Å². The van der Waals surface area contributed by atoms with Crippen LogP contribution >= 0.6 is 0 Å². The van der Waals surface area contributed by atoms with E-state index in [1.165, 1.54) is 6.33 Å². The first kappa shape index (κ1) is 12.9. The predicted octanol–water partition coefficient (Wildman–Crippen LogP) is 0.347. The zero-order chi connectivity index (χ0) is 13.2. The molecule has 0 aromatic carbocycles. The van der Waals surface area contributed by atoms with E-state index in [9.17, 15) is 8.78 Å². The maximum atomic E-state index is 12.7. The highest BCUT2D eigenvalue weighted by Gasteiger charge is 2.27. The molecule has 0 aliphatic carbocycles. The van der Waals surface area contributed by atoms with Crippen molar-refractivity contribution in [2.75, 3.05) is 36.9 Å². The van der Waals surface area contributed by atoms with Crippen LogP contribution in [0.5, 0.6) is 0 Å². The van der Waals surface area contributed by atoms with Gasteiger partial charge in [-0.25, -0.2) is 18.7 Å². The van der Waals surface area contributed by atoms with Gasteiger partial charge in [-0.2, -0.15) is 4.98 Å². The summed E-state index contributed by atoms with van der Waals surface area (Å²) < 4.78 is 25.4. The van der Waals surface area contributed by atoms with Crippen LogP contribution in [0.1, 0.15) is 6.92 Å². The van der Waals surface area contributed by atoms with Crippen LogP contribution in [0.25, 0.3) is 0 Å². The molecule has 0 unspecified atom stereocenters. The first-order valence-corrected chi connectivity index (χ1v) is 5.71. The Labute approximate surface area is 104 Å². The molecule has 1 aliphatic rings. The third-order valence-electron chi connectivity index (χ3n) is 2.69. The highest BCUT2D eigenvalue weighted by atomic mass is 19.3. The lowest BCUT2D eigenvalue weighted by Crippen LogP contribution is -2.57. The number of aromatic nitrogens is 3. The lowest BCUT2D eigenvalue weighted by molar-refractivity contribution is 0.0366. The first-order valence-electron chi connectivity index (χ1n) is 5.71. The van der Waals surface area contributed by atoms with Crippen LogP contribution in [-0.4, -0.2) is 53.6 Å². The molecule has 1 fully saturated rings. The van der Waals surface area contributed by atoms with Gasteiger partial charge < -0.3 is 15.5 Å². The summed E-state index contributed by atoms with van der Waals surface area (Å²) in [5.74, 6) is -2.10. The van der Waals surface area contributed by atoms with E-state index in [1.54, 1.807) is 0 Å². The van der Waals surface area contributed by atoms with E-state index < -0.39 is 12.5 Å². The van der Waals surface area contributed by atoms with Crippen LogP contribution < -0.4 is 15.5 Å². The summed E-state index contributed by atoms with van der Waals surface area (Å²) in [6.45, 7) is 1.97. The maximum Gasteiger partial charge on any atom is 0.262 e. The zero-order valence-corrected chi connectivity index (χ0v) is 10.3. The largest absolute Gasteiger partial charge is 0.348 e. The van der Waals surface area contributed by atoms with Gasteiger partial charge in [-0.15, -0.1) is 0 Å². The van der Waals surface area contributed by atoms with Crippen molar-refractivity contribution in [1.82, 2.24) is 20.3 Å². The summed E-state index contributed by atoms with van der Waals surface area (Å²) in [5.41, 5.74) is 0. The summed E-state index contributed by atoms with van der Waals surface area (Å²) in [6.07, 6.45) is 1.32. The van der Waals surface area contributed by atoms with Gasteiger partial charge in [-0.3, -0.25) is 0 Å². The van der Waals surface area contributed by atoms with Crippen LogP contribution in [0, 0.1) is 0 Å². The Morgan fingerprint density at radius 3 is 2.78 bits per heavy atom. The minimum absolute atomic E-state index is 0.175. The van der Waals surface area contributed by atoms with E-state index in [-0.39, 0.29) is 5.95 Å². The quantitative estimate of drug-likeness (QED) is 0.794. The van der Waals surface area contributed by atoms with Crippen molar-refractivity contribution in [3.8, 4) is 0 Å². The topological polar surface area (TPSA) is 66.0 Å². The normalized spacial score (nSPS) is 16.6. The molecule has 6 nitrogen and oxygen atoms in total. The average molecular weight is 258 g/mol. The number of nitrogens with one attached hydrogen (secondary N) is 2. The summed E-state index contributed by atoms with van der Waals surface area (Å²) in [7, 11) is 1.89. The Bertz CT molecular complexity index is 402. The fourth-order valence-electron chi connectivity index (χ4n) is 1.58. The van der Waals surface area contributed by atoms with E-state index in [4.69, 9.17) is 0 Å². The van der Waals surface area contributed by atoms with Crippen molar-refractivity contribution in [2.24, 2.45) is 0 Å². The number of rotatable bonds is 5. The van der Waals surface area contributed by atoms with Crippen molar-refractivity contribution in [3.05, 3.63) is 6.33 Å². The average Bonchev–Trinajstić information content (AvgIpc) is 2.25. The second-order valence-corrected chi connectivity index (χ2v) is 4.42. The molecule has 0 amide bonds. The minimum atomic E-state index is -2.79. The van der Waals surface area contributed by atoms with Gasteiger partial charge in [-0.05, 0) is 7.05 Å². The van der Waals surface area contributed by atoms with Crippen molar-refractivity contribution in [1.29, 1.82) is 0 Å². The first-order chi connectivity index (χ1) is 8.48. The fraction of sp³-hybridized carbons (Fsp3) is 0.700. The van der Waals surface area contributed by atoms with E-state index in [1.807, 2.05) is 11.9 Å². The van der Waals surface area contributed by atoms with Gasteiger partial charge in [0.1, 0.15) is 6.33 Å². The number of anilines is 2. The fourth-order valence-corrected chi connectivity index (χ4v) is 1.58. The van der Waals surface area contributed by atoms with Gasteiger partial charge in [0.2, 0.25) is 11.9 Å². The number of alkyl halides is 2. The molecule has 0 radical (unpaired) electrons. The van der Waals surface area contributed by atoms with Gasteiger partial charge in [-0.1, -0.05) is 0 Å². The van der Waals surface area contributed by atoms with Crippen molar-refractivity contribution in [3.63, 3.8) is 0 Å². The third kappa shape index (κ3) is 3.22. The molecule has 0 atom stereocenters. The Morgan fingerprint density at radius 2 is 2.17 bits per heavy atom. The molecule has 1 aliphatic heterocycles.